The zero-order chi connectivity index (χ0) is 30.9. The first kappa shape index (κ1) is 39.1. The van der Waals surface area contributed by atoms with Crippen molar-refractivity contribution < 1.29 is 34.2 Å². The molecule has 0 heterocycles. The topological polar surface area (TPSA) is 115 Å². The van der Waals surface area contributed by atoms with Crippen LogP contribution in [-0.4, -0.2) is 57.3 Å². The van der Waals surface area contributed by atoms with Crippen LogP contribution in [0.4, 0.5) is 0 Å². The highest BCUT2D eigenvalue weighted by molar-refractivity contribution is 5.77. The molecule has 2 N–H and O–H groups in total. The van der Waals surface area contributed by atoms with E-state index in [1.807, 2.05) is 20.8 Å². The van der Waals surface area contributed by atoms with Crippen LogP contribution in [-0.2, 0) is 14.4 Å². The van der Waals surface area contributed by atoms with Gasteiger partial charge < -0.3 is 20.1 Å². The van der Waals surface area contributed by atoms with Crippen molar-refractivity contribution >= 4 is 17.9 Å². The molecule has 7 heteroatoms. The zero-order valence-electron chi connectivity index (χ0n) is 26.9. The van der Waals surface area contributed by atoms with Crippen molar-refractivity contribution in [2.75, 3.05) is 6.54 Å². The molecule has 0 saturated carbocycles. The number of carboxylic acid groups (broad SMARTS) is 3. The second-order valence-electron chi connectivity index (χ2n) is 11.9. The van der Waals surface area contributed by atoms with Crippen molar-refractivity contribution in [1.29, 1.82) is 0 Å². The number of carbonyl (C=O) groups excluding carboxylic acids is 1. The van der Waals surface area contributed by atoms with Gasteiger partial charge in [0.25, 0.3) is 0 Å². The molecule has 41 heavy (non-hydrogen) atoms. The van der Waals surface area contributed by atoms with Crippen LogP contribution in [0.1, 0.15) is 163 Å². The number of hydrogen-bond acceptors (Lipinski definition) is 4. The molecular weight excluding hydrogens is 518 g/mol. The summed E-state index contributed by atoms with van der Waals surface area (Å²) in [5, 5.41) is 33.0. The summed E-state index contributed by atoms with van der Waals surface area (Å²) < 4.78 is -0.437. The van der Waals surface area contributed by atoms with Gasteiger partial charge in [-0.15, -0.1) is 0 Å². The van der Waals surface area contributed by atoms with Gasteiger partial charge in [-0.3, -0.25) is 4.48 Å². The first-order valence-electron chi connectivity index (χ1n) is 16.9. The maximum absolute atomic E-state index is 12.6. The average Bonchev–Trinajstić information content (AvgIpc) is 2.93. The van der Waals surface area contributed by atoms with E-state index in [2.05, 4.69) is 19.1 Å². The van der Waals surface area contributed by atoms with Crippen LogP contribution in [0.15, 0.2) is 12.2 Å². The number of nitrogens with zero attached hydrogens (tertiary/aromatic N) is 1. The van der Waals surface area contributed by atoms with Crippen LogP contribution in [0.25, 0.3) is 0 Å². The fourth-order valence-corrected chi connectivity index (χ4v) is 6.44. The van der Waals surface area contributed by atoms with E-state index in [9.17, 15) is 29.7 Å². The van der Waals surface area contributed by atoms with E-state index in [1.165, 1.54) is 57.8 Å². The maximum atomic E-state index is 12.6. The fourth-order valence-electron chi connectivity index (χ4n) is 6.44. The zero-order valence-corrected chi connectivity index (χ0v) is 26.9. The number of aliphatic carboxylic acids is 3. The van der Waals surface area contributed by atoms with Gasteiger partial charge in [-0.05, 0) is 51.4 Å². The summed E-state index contributed by atoms with van der Waals surface area (Å²) in [6.07, 6.45) is 24.2. The number of quaternary nitrogens is 1. The lowest BCUT2D eigenvalue weighted by molar-refractivity contribution is -0.975. The minimum Gasteiger partial charge on any atom is -0.544 e. The van der Waals surface area contributed by atoms with Crippen molar-refractivity contribution in [3.63, 3.8) is 0 Å². The molecule has 0 aliphatic rings. The summed E-state index contributed by atoms with van der Waals surface area (Å²) in [4.78, 5) is 37.6. The molecule has 0 fully saturated rings. The van der Waals surface area contributed by atoms with Gasteiger partial charge in [0.2, 0.25) is 0 Å². The molecule has 0 aromatic rings. The molecule has 240 valence electrons. The van der Waals surface area contributed by atoms with Gasteiger partial charge in [0, 0.05) is 19.3 Å². The van der Waals surface area contributed by atoms with Crippen molar-refractivity contribution in [3.8, 4) is 0 Å². The summed E-state index contributed by atoms with van der Waals surface area (Å²) >= 11 is 0. The third-order valence-corrected chi connectivity index (χ3v) is 8.58. The van der Waals surface area contributed by atoms with Crippen molar-refractivity contribution in [1.82, 2.24) is 0 Å². The standard InChI is InChI=1S/C34H63NO6/c1-5-9-10-11-12-13-14-15-16-17-18-19-20-21-22-23-24-28-35(29(25-6-2)32(36)37,30(26-7-3)33(38)39)31(27-8-4)34(40)41/h15-16,29-31H,5-14,17-28H2,1-4H3,(H2-,36,37,38,39,40,41)/b16-15+. The molecule has 0 aliphatic heterocycles. The Morgan fingerprint density at radius 1 is 0.561 bits per heavy atom. The minimum absolute atomic E-state index is 0.205. The van der Waals surface area contributed by atoms with Crippen molar-refractivity contribution in [2.45, 2.75) is 181 Å². The number of carbonyl (C=O) groups is 3. The third kappa shape index (κ3) is 15.2. The Morgan fingerprint density at radius 3 is 1.29 bits per heavy atom. The fraction of sp³-hybridized carbons (Fsp3) is 0.853. The summed E-state index contributed by atoms with van der Waals surface area (Å²) in [5.41, 5.74) is 0. The van der Waals surface area contributed by atoms with Crippen LogP contribution in [0.3, 0.4) is 0 Å². The number of carboxylic acids is 3. The number of rotatable bonds is 29. The van der Waals surface area contributed by atoms with E-state index < -0.39 is 40.5 Å². The SMILES string of the molecule is CCCCCCCC/C=C/CCCCCCCCC[N+](C(CCC)C(=O)[O-])(C(CCC)C(=O)O)C(CCC)C(=O)O. The van der Waals surface area contributed by atoms with Gasteiger partial charge in [0.05, 0.1) is 12.5 Å². The molecule has 7 nitrogen and oxygen atoms in total. The molecule has 0 saturated heterocycles. The summed E-state index contributed by atoms with van der Waals surface area (Å²) in [6, 6.07) is -3.33. The minimum atomic E-state index is -1.34. The Labute approximate surface area is 251 Å². The Kier molecular flexibility index (Phi) is 23.5. The third-order valence-electron chi connectivity index (χ3n) is 8.58. The second-order valence-corrected chi connectivity index (χ2v) is 11.9. The summed E-state index contributed by atoms with van der Waals surface area (Å²) in [7, 11) is 0. The van der Waals surface area contributed by atoms with E-state index in [4.69, 9.17) is 0 Å². The highest BCUT2D eigenvalue weighted by Gasteiger charge is 2.54. The van der Waals surface area contributed by atoms with Gasteiger partial charge in [0.15, 0.2) is 12.1 Å². The Balaban J connectivity index is 5.03. The van der Waals surface area contributed by atoms with Crippen LogP contribution in [0.2, 0.25) is 0 Å². The Bertz CT molecular complexity index is 662. The molecule has 0 bridgehead atoms. The molecule has 0 aliphatic carbocycles. The quantitative estimate of drug-likeness (QED) is 0.0532. The van der Waals surface area contributed by atoms with E-state index in [-0.39, 0.29) is 25.8 Å². The molecule has 3 unspecified atom stereocenters. The number of allylic oxidation sites excluding steroid dienone is 2. The van der Waals surface area contributed by atoms with Crippen molar-refractivity contribution in [3.05, 3.63) is 12.2 Å². The van der Waals surface area contributed by atoms with Crippen molar-refractivity contribution in [2.24, 2.45) is 0 Å². The largest absolute Gasteiger partial charge is 0.544 e. The normalized spacial score (nSPS) is 15.4. The molecule has 0 aromatic heterocycles. The molecule has 0 rings (SSSR count). The van der Waals surface area contributed by atoms with Gasteiger partial charge in [-0.1, -0.05) is 104 Å². The lowest BCUT2D eigenvalue weighted by Gasteiger charge is -2.52. The lowest BCUT2D eigenvalue weighted by atomic mass is 9.91. The van der Waals surface area contributed by atoms with E-state index in [1.54, 1.807) is 0 Å². The number of hydrogen-bond donors (Lipinski definition) is 2. The highest BCUT2D eigenvalue weighted by Crippen LogP contribution is 2.34. The number of unbranched alkanes of at least 4 members (excludes halogenated alkanes) is 13. The predicted molar refractivity (Wildman–Crippen MR) is 166 cm³/mol. The van der Waals surface area contributed by atoms with Crippen LogP contribution >= 0.6 is 0 Å². The van der Waals surface area contributed by atoms with E-state index in [0.29, 0.717) is 25.7 Å². The molecule has 0 aromatic carbocycles. The summed E-state index contributed by atoms with van der Waals surface area (Å²) in [6.45, 7) is 8.05. The lowest BCUT2D eigenvalue weighted by Crippen LogP contribution is -2.74. The van der Waals surface area contributed by atoms with E-state index >= 15 is 0 Å². The van der Waals surface area contributed by atoms with Gasteiger partial charge in [-0.2, -0.15) is 0 Å². The first-order chi connectivity index (χ1) is 19.7. The molecular formula is C34H63NO6. The molecule has 0 radical (unpaired) electrons. The smallest absolute Gasteiger partial charge is 0.362 e. The molecule has 0 spiro atoms. The highest BCUT2D eigenvalue weighted by atomic mass is 16.4. The van der Waals surface area contributed by atoms with Gasteiger partial charge in [-0.25, -0.2) is 9.59 Å². The van der Waals surface area contributed by atoms with Crippen LogP contribution < -0.4 is 5.11 Å². The molecule has 3 atom stereocenters. The predicted octanol–water partition coefficient (Wildman–Crippen LogP) is 7.66. The first-order valence-corrected chi connectivity index (χ1v) is 16.9. The van der Waals surface area contributed by atoms with Gasteiger partial charge in [0.1, 0.15) is 6.04 Å². The van der Waals surface area contributed by atoms with Crippen LogP contribution in [0.5, 0.6) is 0 Å². The average molecular weight is 582 g/mol. The van der Waals surface area contributed by atoms with Gasteiger partial charge >= 0.3 is 11.9 Å². The second kappa shape index (κ2) is 24.7. The summed E-state index contributed by atoms with van der Waals surface area (Å²) in [5.74, 6) is -3.56. The Hall–Kier alpha value is -1.89. The maximum Gasteiger partial charge on any atom is 0.362 e. The Morgan fingerprint density at radius 2 is 0.927 bits per heavy atom. The van der Waals surface area contributed by atoms with Crippen LogP contribution in [0, 0.1) is 0 Å². The van der Waals surface area contributed by atoms with E-state index in [0.717, 1.165) is 32.1 Å². The monoisotopic (exact) mass is 581 g/mol. The molecule has 0 amide bonds.